The zero-order valence-electron chi connectivity index (χ0n) is 60.7. The summed E-state index contributed by atoms with van der Waals surface area (Å²) in [7, 11) is 0. The molecule has 6 heteroatoms. The summed E-state index contributed by atoms with van der Waals surface area (Å²) < 4.78 is 0. The van der Waals surface area contributed by atoms with Crippen molar-refractivity contribution >= 4 is 45.7 Å². The van der Waals surface area contributed by atoms with Crippen LogP contribution in [0.5, 0.6) is 0 Å². The van der Waals surface area contributed by atoms with Gasteiger partial charge >= 0.3 is 0 Å². The van der Waals surface area contributed by atoms with Gasteiger partial charge in [-0.1, -0.05) is 150 Å². The van der Waals surface area contributed by atoms with E-state index in [-0.39, 0.29) is 11.9 Å². The quantitative estimate of drug-likeness (QED) is 0.0480. The van der Waals surface area contributed by atoms with Gasteiger partial charge in [-0.05, 0) is 316 Å². The number of hydrogen-bond donors (Lipinski definition) is 4. The SMILES string of the molecule is C=C(c1ccc(NC(=O)c2ccc(/C=C/C(C)=C/C=C/C(C)=C/C=C/C=C(C)/C=C/C=C(C)/C=C/C)cc2)cc1)c1ccc(/C(=C2/C=CC(C(/c3c(C)c(C)c(C)c(C)c3C)=c3/cc/c(=C(\c4c(C)c(C)c(C)c(C)c4C)C4C=CCN4)[nH]3)=N2)c2c(C)c(C)c(C)c(C)c2C)[nH]1. The van der Waals surface area contributed by atoms with E-state index in [1.165, 1.54) is 117 Å². The molecule has 4 N–H and O–H groups in total. The molecule has 0 saturated carbocycles. The van der Waals surface area contributed by atoms with Crippen molar-refractivity contribution in [2.75, 3.05) is 11.9 Å². The van der Waals surface area contributed by atoms with Crippen LogP contribution in [0.15, 0.2) is 216 Å². The second-order valence-corrected chi connectivity index (χ2v) is 26.5. The van der Waals surface area contributed by atoms with Gasteiger partial charge in [-0.3, -0.25) is 4.79 Å². The molecular weight excluding hydrogens is 1170 g/mol. The molecule has 0 spiro atoms. The van der Waals surface area contributed by atoms with Crippen molar-refractivity contribution in [3.63, 3.8) is 0 Å². The number of hydrogen-bond acceptors (Lipinski definition) is 3. The van der Waals surface area contributed by atoms with Crippen LogP contribution in [0.2, 0.25) is 0 Å². The lowest BCUT2D eigenvalue weighted by molar-refractivity contribution is 0.102. The van der Waals surface area contributed by atoms with Crippen LogP contribution in [0, 0.1) is 104 Å². The Bertz CT molecular complexity index is 4720. The average Bonchev–Trinajstić information content (AvgIpc) is 1.59. The second kappa shape index (κ2) is 30.7. The van der Waals surface area contributed by atoms with Crippen molar-refractivity contribution in [1.29, 1.82) is 0 Å². The summed E-state index contributed by atoms with van der Waals surface area (Å²) in [5.74, 6) is -0.177. The molecule has 2 aromatic heterocycles. The van der Waals surface area contributed by atoms with Gasteiger partial charge in [-0.15, -0.1) is 0 Å². The lowest BCUT2D eigenvalue weighted by Gasteiger charge is -2.23. The monoisotopic (exact) mass is 1270 g/mol. The number of amides is 1. The first kappa shape index (κ1) is 70.4. The van der Waals surface area contributed by atoms with Gasteiger partial charge in [-0.25, -0.2) is 4.99 Å². The van der Waals surface area contributed by atoms with Crippen molar-refractivity contribution in [1.82, 2.24) is 15.3 Å². The van der Waals surface area contributed by atoms with Crippen LogP contribution in [-0.4, -0.2) is 34.2 Å². The summed E-state index contributed by atoms with van der Waals surface area (Å²) in [6, 6.07) is 24.5. The predicted octanol–water partition coefficient (Wildman–Crippen LogP) is 20.7. The lowest BCUT2D eigenvalue weighted by Crippen LogP contribution is -2.31. The number of nitrogens with zero attached hydrogens (tertiary/aromatic N) is 1. The van der Waals surface area contributed by atoms with Gasteiger partial charge in [0.1, 0.15) is 0 Å². The zero-order chi connectivity index (χ0) is 69.4. The van der Waals surface area contributed by atoms with E-state index < -0.39 is 0 Å². The van der Waals surface area contributed by atoms with Crippen LogP contribution < -0.4 is 21.3 Å². The minimum atomic E-state index is -0.177. The molecule has 0 bridgehead atoms. The van der Waals surface area contributed by atoms with Gasteiger partial charge in [0.05, 0.1) is 17.5 Å². The Morgan fingerprint density at radius 2 is 0.938 bits per heavy atom. The number of allylic oxidation sites excluding steroid dienone is 19. The van der Waals surface area contributed by atoms with E-state index >= 15 is 0 Å². The molecule has 0 radical (unpaired) electrons. The third kappa shape index (κ3) is 15.3. The highest BCUT2D eigenvalue weighted by Gasteiger charge is 2.28. The fourth-order valence-electron chi connectivity index (χ4n) is 13.3. The maximum Gasteiger partial charge on any atom is 0.255 e. The Morgan fingerprint density at radius 1 is 0.479 bits per heavy atom. The normalized spacial score (nSPS) is 16.1. The van der Waals surface area contributed by atoms with Gasteiger partial charge in [0, 0.05) is 56.6 Å². The highest BCUT2D eigenvalue weighted by Crippen LogP contribution is 2.41. The van der Waals surface area contributed by atoms with E-state index in [0.29, 0.717) is 11.3 Å². The first-order valence-electron chi connectivity index (χ1n) is 33.8. The number of H-pyrrole nitrogens is 2. The van der Waals surface area contributed by atoms with Crippen molar-refractivity contribution in [3.05, 3.63) is 350 Å². The molecule has 2 aliphatic rings. The number of rotatable bonds is 19. The largest absolute Gasteiger partial charge is 0.355 e. The molecule has 6 nitrogen and oxygen atoms in total. The molecule has 1 unspecified atom stereocenters. The fourth-order valence-corrected chi connectivity index (χ4v) is 13.3. The predicted molar refractivity (Wildman–Crippen MR) is 415 cm³/mol. The van der Waals surface area contributed by atoms with Crippen molar-refractivity contribution in [2.45, 2.75) is 145 Å². The summed E-state index contributed by atoms with van der Waals surface area (Å²) in [5, 5.41) is 9.03. The molecule has 5 aromatic carbocycles. The van der Waals surface area contributed by atoms with Crippen LogP contribution in [-0.2, 0) is 0 Å². The maximum absolute atomic E-state index is 13.6. The maximum atomic E-state index is 13.6. The van der Waals surface area contributed by atoms with E-state index in [4.69, 9.17) is 4.99 Å². The van der Waals surface area contributed by atoms with Crippen LogP contribution >= 0.6 is 0 Å². The third-order valence-corrected chi connectivity index (χ3v) is 20.4. The van der Waals surface area contributed by atoms with Gasteiger partial charge < -0.3 is 20.6 Å². The van der Waals surface area contributed by atoms with Crippen LogP contribution in [0.4, 0.5) is 5.69 Å². The number of benzene rings is 5. The topological polar surface area (TPSA) is 85.1 Å². The van der Waals surface area contributed by atoms with E-state index in [0.717, 1.165) is 79.0 Å². The minimum Gasteiger partial charge on any atom is -0.355 e. The first-order valence-corrected chi connectivity index (χ1v) is 33.8. The van der Waals surface area contributed by atoms with Crippen molar-refractivity contribution in [3.8, 4) is 0 Å². The Labute approximate surface area is 573 Å². The summed E-state index contributed by atoms with van der Waals surface area (Å²) >= 11 is 0. The van der Waals surface area contributed by atoms with Crippen LogP contribution in [0.3, 0.4) is 0 Å². The molecule has 0 saturated heterocycles. The Balaban J connectivity index is 0.993. The second-order valence-electron chi connectivity index (χ2n) is 26.5. The molecule has 0 aliphatic carbocycles. The summed E-state index contributed by atoms with van der Waals surface area (Å²) in [6.45, 7) is 49.8. The number of aliphatic imine (C=N–C) groups is 1. The Hall–Kier alpha value is -9.88. The third-order valence-electron chi connectivity index (χ3n) is 20.4. The van der Waals surface area contributed by atoms with Crippen molar-refractivity contribution in [2.24, 2.45) is 4.99 Å². The first-order chi connectivity index (χ1) is 45.8. The number of nitrogens with one attached hydrogen (secondary N) is 4. The number of aromatic nitrogens is 2. The highest BCUT2D eigenvalue weighted by atomic mass is 16.1. The fraction of sp³-hybridized carbons (Fsp3) is 0.244. The number of carbonyl (C=O) groups excluding carboxylic acids is 1. The van der Waals surface area contributed by atoms with Crippen molar-refractivity contribution < 1.29 is 4.79 Å². The van der Waals surface area contributed by atoms with E-state index in [9.17, 15) is 4.79 Å². The summed E-state index contributed by atoms with van der Waals surface area (Å²) in [6.07, 6.45) is 38.2. The van der Waals surface area contributed by atoms with Gasteiger partial charge in [0.25, 0.3) is 5.91 Å². The molecule has 96 heavy (non-hydrogen) atoms. The molecule has 1 atom stereocenters. The minimum absolute atomic E-state index is 0.0465. The van der Waals surface area contributed by atoms with Gasteiger partial charge in [0.15, 0.2) is 0 Å². The molecule has 4 heterocycles. The van der Waals surface area contributed by atoms with E-state index in [1.54, 1.807) is 0 Å². The molecule has 1 amide bonds. The summed E-state index contributed by atoms with van der Waals surface area (Å²) in [5.41, 5.74) is 38.8. The molecule has 490 valence electrons. The highest BCUT2D eigenvalue weighted by molar-refractivity contribution is 6.31. The van der Waals surface area contributed by atoms with E-state index in [2.05, 4.69) is 286 Å². The van der Waals surface area contributed by atoms with E-state index in [1.807, 2.05) is 61.5 Å². The molecule has 2 aliphatic heterocycles. The smallest absolute Gasteiger partial charge is 0.255 e. The van der Waals surface area contributed by atoms with Gasteiger partial charge in [0.2, 0.25) is 0 Å². The Kier molecular flexibility index (Phi) is 22.5. The number of anilines is 1. The van der Waals surface area contributed by atoms with Crippen LogP contribution in [0.1, 0.15) is 168 Å². The molecule has 7 aromatic rings. The standard InChI is InChI=1S/C90H99N5O/c1-22-28-53(2)31-25-32-54(3)29-23-24-30-55(4)33-26-34-56(5)36-37-73-38-40-75(41-39-73)90(96)92-76-44-42-74(43-45-76)72(21)77-46-47-80(93-77)88(85-68(17)62(11)58(7)63(12)69(85)18)81-50-51-83(95-81)89(86-70(19)64(13)59(8)65(14)71(86)20)82-49-48-79(94-82)87(78-35-27-52-91-78)84-66(15)60(9)57(6)61(10)67(84)16/h22-51,78,91,93-94H,21,52H2,1-20H3,(H,92,96)/b24-23+,28-22+,32-25+,33-26+,37-36+,53-31+,54-29+,55-30+,56-34+,87-79+,88-81+,89-82+. The Morgan fingerprint density at radius 3 is 1.46 bits per heavy atom. The summed E-state index contributed by atoms with van der Waals surface area (Å²) in [4.78, 5) is 27.4. The molecular formula is C90H99N5O. The molecule has 0 fully saturated rings. The van der Waals surface area contributed by atoms with Crippen LogP contribution in [0.25, 0.3) is 28.4 Å². The lowest BCUT2D eigenvalue weighted by atomic mass is 9.84. The average molecular weight is 1270 g/mol. The molecule has 9 rings (SSSR count). The number of aromatic amines is 2. The number of carbonyl (C=O) groups is 1. The van der Waals surface area contributed by atoms with Gasteiger partial charge in [-0.2, -0.15) is 0 Å². The zero-order valence-corrected chi connectivity index (χ0v) is 60.7.